The second-order valence-electron chi connectivity index (χ2n) is 9.68. The van der Waals surface area contributed by atoms with E-state index in [4.69, 9.17) is 0 Å². The largest absolute Gasteiger partial charge is 0.573 e. The van der Waals surface area contributed by atoms with E-state index in [2.05, 4.69) is 9.47 Å². The van der Waals surface area contributed by atoms with Gasteiger partial charge in [0, 0.05) is 23.3 Å². The average Bonchev–Trinajstić information content (AvgIpc) is 2.92. The molecule has 0 amide bonds. The van der Waals surface area contributed by atoms with Gasteiger partial charge in [0.05, 0.1) is 5.56 Å². The Morgan fingerprint density at radius 3 is 1.74 bits per heavy atom. The summed E-state index contributed by atoms with van der Waals surface area (Å²) in [5, 5.41) is 0. The summed E-state index contributed by atoms with van der Waals surface area (Å²) >= 11 is 0. The maximum absolute atomic E-state index is 14.8. The van der Waals surface area contributed by atoms with Crippen LogP contribution in [0, 0.1) is 52.6 Å². The molecule has 4 rings (SSSR count). The molecule has 46 heavy (non-hydrogen) atoms. The molecule has 0 aliphatic carbocycles. The Labute approximate surface area is 253 Å². The smallest absolute Gasteiger partial charge is 0.429 e. The molecule has 0 spiro atoms. The highest BCUT2D eigenvalue weighted by Crippen LogP contribution is 2.38. The van der Waals surface area contributed by atoms with E-state index in [0.717, 1.165) is 25.0 Å². The summed E-state index contributed by atoms with van der Waals surface area (Å²) in [5.74, 6) is -11.0. The van der Waals surface area contributed by atoms with E-state index >= 15 is 0 Å². The van der Waals surface area contributed by atoms with Crippen molar-refractivity contribution in [3.8, 4) is 34.5 Å². The van der Waals surface area contributed by atoms with Gasteiger partial charge in [-0.05, 0) is 54.3 Å². The van der Waals surface area contributed by atoms with Gasteiger partial charge < -0.3 is 9.47 Å². The molecule has 0 N–H and O–H groups in total. The highest BCUT2D eigenvalue weighted by Gasteiger charge is 2.42. The molecule has 0 saturated heterocycles. The summed E-state index contributed by atoms with van der Waals surface area (Å²) in [4.78, 5) is 0. The van der Waals surface area contributed by atoms with Crippen LogP contribution in [0.4, 0.5) is 52.7 Å². The second-order valence-corrected chi connectivity index (χ2v) is 9.68. The number of benzene rings is 4. The third-order valence-electron chi connectivity index (χ3n) is 6.31. The lowest BCUT2D eigenvalue weighted by molar-refractivity contribution is -0.276. The standard InChI is InChI=1S/C32H18F12O2/c1-2-3-4-16-5-7-20(22(33)9-16)18-12-23(34)21(24(35)13-18)8-6-17-10-25(36)29(26(37)11-17)31(40,41)45-19-14-27(38)30(28(39)15-19)46-32(42,43)44/h5,7,9-15H,2-4H2,1H3. The summed E-state index contributed by atoms with van der Waals surface area (Å²) in [5.41, 5.74) is -3.22. The third-order valence-corrected chi connectivity index (χ3v) is 6.31. The Kier molecular flexibility index (Phi) is 9.84. The van der Waals surface area contributed by atoms with Crippen LogP contribution >= 0.6 is 0 Å². The first kappa shape index (κ1) is 34.1. The SMILES string of the molecule is CCCCc1ccc(-c2cc(F)c(C#Cc3cc(F)c(C(F)(F)Oc4cc(F)c(OC(F)(F)F)c(F)c4)c(F)c3)c(F)c2)c(F)c1. The maximum Gasteiger partial charge on any atom is 0.573 e. The predicted molar refractivity (Wildman–Crippen MR) is 140 cm³/mol. The molecule has 0 aliphatic rings. The molecule has 0 radical (unpaired) electrons. The zero-order chi connectivity index (χ0) is 34.0. The van der Waals surface area contributed by atoms with Crippen LogP contribution in [0.5, 0.6) is 11.5 Å². The van der Waals surface area contributed by atoms with E-state index in [9.17, 15) is 52.7 Å². The van der Waals surface area contributed by atoms with Crippen molar-refractivity contribution in [2.45, 2.75) is 38.7 Å². The molecule has 242 valence electrons. The monoisotopic (exact) mass is 662 g/mol. The zero-order valence-electron chi connectivity index (χ0n) is 23.2. The van der Waals surface area contributed by atoms with Crippen LogP contribution in [-0.4, -0.2) is 6.36 Å². The van der Waals surface area contributed by atoms with Gasteiger partial charge in [-0.15, -0.1) is 13.2 Å². The number of alkyl halides is 5. The van der Waals surface area contributed by atoms with Crippen LogP contribution in [0.1, 0.15) is 42.0 Å². The number of hydrogen-bond acceptors (Lipinski definition) is 2. The Balaban J connectivity index is 1.59. The van der Waals surface area contributed by atoms with Gasteiger partial charge in [-0.1, -0.05) is 37.3 Å². The van der Waals surface area contributed by atoms with Gasteiger partial charge in [0.2, 0.25) is 5.75 Å². The predicted octanol–water partition coefficient (Wildman–Crippen LogP) is 10.1. The molecule has 14 heteroatoms. The van der Waals surface area contributed by atoms with Crippen molar-refractivity contribution in [1.82, 2.24) is 0 Å². The lowest BCUT2D eigenvalue weighted by Crippen LogP contribution is -2.25. The Hall–Kier alpha value is -4.80. The van der Waals surface area contributed by atoms with Crippen molar-refractivity contribution in [2.75, 3.05) is 0 Å². The quantitative estimate of drug-likeness (QED) is 0.138. The van der Waals surface area contributed by atoms with E-state index in [0.29, 0.717) is 12.0 Å². The Morgan fingerprint density at radius 1 is 0.630 bits per heavy atom. The third kappa shape index (κ3) is 7.88. The maximum atomic E-state index is 14.8. The van der Waals surface area contributed by atoms with Crippen LogP contribution in [0.3, 0.4) is 0 Å². The van der Waals surface area contributed by atoms with Gasteiger partial charge in [0.1, 0.15) is 40.4 Å². The molecule has 0 heterocycles. The van der Waals surface area contributed by atoms with Crippen LogP contribution in [0.15, 0.2) is 54.6 Å². The van der Waals surface area contributed by atoms with Crippen molar-refractivity contribution < 1.29 is 62.2 Å². The Bertz CT molecular complexity index is 1770. The second kappa shape index (κ2) is 13.3. The van der Waals surface area contributed by atoms with Gasteiger partial charge in [-0.3, -0.25) is 0 Å². The fourth-order valence-corrected chi connectivity index (χ4v) is 4.24. The number of halogens is 12. The minimum atomic E-state index is -5.54. The van der Waals surface area contributed by atoms with E-state index < -0.39 is 81.4 Å². The first-order valence-electron chi connectivity index (χ1n) is 13.1. The summed E-state index contributed by atoms with van der Waals surface area (Å²) in [6.07, 6.45) is -8.22. The van der Waals surface area contributed by atoms with Crippen LogP contribution < -0.4 is 9.47 Å². The number of rotatable bonds is 8. The number of unbranched alkanes of at least 4 members (excludes halogenated alkanes) is 1. The molecule has 0 atom stereocenters. The summed E-state index contributed by atoms with van der Waals surface area (Å²) in [7, 11) is 0. The zero-order valence-corrected chi connectivity index (χ0v) is 23.2. The summed E-state index contributed by atoms with van der Waals surface area (Å²) in [6.45, 7) is 1.96. The molecular formula is C32H18F12O2. The highest BCUT2D eigenvalue weighted by molar-refractivity contribution is 5.66. The van der Waals surface area contributed by atoms with Crippen molar-refractivity contribution in [3.05, 3.63) is 118 Å². The molecule has 0 aliphatic heterocycles. The van der Waals surface area contributed by atoms with Gasteiger partial charge in [-0.25, -0.2) is 30.7 Å². The normalized spacial score (nSPS) is 11.7. The Morgan fingerprint density at radius 2 is 1.22 bits per heavy atom. The van der Waals surface area contributed by atoms with E-state index in [1.165, 1.54) is 12.1 Å². The molecule has 0 bridgehead atoms. The topological polar surface area (TPSA) is 18.5 Å². The average molecular weight is 662 g/mol. The number of aryl methyl sites for hydroxylation is 1. The molecule has 4 aromatic carbocycles. The van der Waals surface area contributed by atoms with Crippen LogP contribution in [0.2, 0.25) is 0 Å². The molecular weight excluding hydrogens is 644 g/mol. The van der Waals surface area contributed by atoms with Crippen LogP contribution in [-0.2, 0) is 12.5 Å². The fraction of sp³-hybridized carbons (Fsp3) is 0.188. The first-order chi connectivity index (χ1) is 21.5. The highest BCUT2D eigenvalue weighted by atomic mass is 19.4. The first-order valence-corrected chi connectivity index (χ1v) is 13.1. The van der Waals surface area contributed by atoms with E-state index in [1.54, 1.807) is 6.07 Å². The minimum absolute atomic E-state index is 0.100. The van der Waals surface area contributed by atoms with Gasteiger partial charge in [0.25, 0.3) is 0 Å². The lowest BCUT2D eigenvalue weighted by atomic mass is 9.99. The molecule has 0 aromatic heterocycles. The van der Waals surface area contributed by atoms with Crippen LogP contribution in [0.25, 0.3) is 11.1 Å². The number of hydrogen-bond donors (Lipinski definition) is 0. The summed E-state index contributed by atoms with van der Waals surface area (Å²) < 4.78 is 174. The molecule has 2 nitrogen and oxygen atoms in total. The number of ether oxygens (including phenoxy) is 2. The molecule has 0 fully saturated rings. The van der Waals surface area contributed by atoms with E-state index in [1.807, 2.05) is 18.8 Å². The van der Waals surface area contributed by atoms with Crippen molar-refractivity contribution in [3.63, 3.8) is 0 Å². The molecule has 0 unspecified atom stereocenters. The van der Waals surface area contributed by atoms with Crippen molar-refractivity contribution in [1.29, 1.82) is 0 Å². The van der Waals surface area contributed by atoms with Gasteiger partial charge >= 0.3 is 12.5 Å². The van der Waals surface area contributed by atoms with Crippen molar-refractivity contribution in [2.24, 2.45) is 0 Å². The molecule has 4 aromatic rings. The molecule has 0 saturated carbocycles. The summed E-state index contributed by atoms with van der Waals surface area (Å²) in [6, 6.07) is 5.98. The van der Waals surface area contributed by atoms with E-state index in [-0.39, 0.29) is 35.4 Å². The lowest BCUT2D eigenvalue weighted by Gasteiger charge is -2.20. The van der Waals surface area contributed by atoms with Crippen molar-refractivity contribution >= 4 is 0 Å². The van der Waals surface area contributed by atoms with Gasteiger partial charge in [-0.2, -0.15) is 8.78 Å². The minimum Gasteiger partial charge on any atom is -0.429 e. The fourth-order valence-electron chi connectivity index (χ4n) is 4.24. The van der Waals surface area contributed by atoms with Gasteiger partial charge in [0.15, 0.2) is 11.6 Å².